The van der Waals surface area contributed by atoms with Crippen molar-refractivity contribution in [2.45, 2.75) is 19.0 Å². The zero-order chi connectivity index (χ0) is 12.1. The second-order valence-electron chi connectivity index (χ2n) is 4.34. The molecule has 0 aromatic heterocycles. The predicted molar refractivity (Wildman–Crippen MR) is 61.3 cm³/mol. The van der Waals surface area contributed by atoms with Gasteiger partial charge in [-0.15, -0.1) is 0 Å². The molecule has 1 fully saturated rings. The number of rotatable bonds is 4. The van der Waals surface area contributed by atoms with Gasteiger partial charge in [0.2, 0.25) is 0 Å². The van der Waals surface area contributed by atoms with Gasteiger partial charge in [-0.05, 0) is 14.0 Å². The van der Waals surface area contributed by atoms with Crippen LogP contribution in [0.3, 0.4) is 0 Å². The molecule has 1 rings (SSSR count). The molecule has 94 valence electrons. The van der Waals surface area contributed by atoms with Crippen LogP contribution in [0.25, 0.3) is 0 Å². The third kappa shape index (κ3) is 3.17. The minimum Gasteiger partial charge on any atom is -0.468 e. The molecule has 1 heterocycles. The van der Waals surface area contributed by atoms with Crippen LogP contribution < -0.4 is 0 Å². The molecular weight excluding hydrogens is 208 g/mol. The number of carbonyl (C=O) groups excluding carboxylic acids is 1. The lowest BCUT2D eigenvalue weighted by Crippen LogP contribution is -2.57. The van der Waals surface area contributed by atoms with E-state index in [1.165, 1.54) is 7.11 Å². The maximum Gasteiger partial charge on any atom is 0.325 e. The number of piperazine rings is 1. The smallest absolute Gasteiger partial charge is 0.325 e. The highest BCUT2D eigenvalue weighted by Gasteiger charge is 2.33. The quantitative estimate of drug-likeness (QED) is 0.626. The third-order valence-corrected chi connectivity index (χ3v) is 3.08. The Bertz CT molecular complexity index is 235. The Labute approximate surface area is 97.3 Å². The van der Waals surface area contributed by atoms with Crippen LogP contribution in [-0.2, 0) is 14.3 Å². The third-order valence-electron chi connectivity index (χ3n) is 3.08. The Morgan fingerprint density at radius 2 is 2.12 bits per heavy atom. The summed E-state index contributed by atoms with van der Waals surface area (Å²) < 4.78 is 9.92. The first-order chi connectivity index (χ1) is 7.60. The summed E-state index contributed by atoms with van der Waals surface area (Å²) >= 11 is 0. The molecule has 2 atom stereocenters. The molecule has 0 spiro atoms. The summed E-state index contributed by atoms with van der Waals surface area (Å²) in [5.41, 5.74) is 0. The SMILES string of the molecule is COCC(C(=O)OC)N1CCN(C)CC1C. The van der Waals surface area contributed by atoms with E-state index < -0.39 is 0 Å². The minimum absolute atomic E-state index is 0.210. The number of hydrogen-bond acceptors (Lipinski definition) is 5. The summed E-state index contributed by atoms with van der Waals surface area (Å²) in [7, 11) is 5.12. The van der Waals surface area contributed by atoms with Crippen LogP contribution in [0.4, 0.5) is 0 Å². The number of nitrogens with zero attached hydrogens (tertiary/aromatic N) is 2. The highest BCUT2D eigenvalue weighted by Crippen LogP contribution is 2.13. The van der Waals surface area contributed by atoms with Gasteiger partial charge in [-0.1, -0.05) is 0 Å². The zero-order valence-corrected chi connectivity index (χ0v) is 10.6. The average Bonchev–Trinajstić information content (AvgIpc) is 2.26. The van der Waals surface area contributed by atoms with Crippen LogP contribution in [-0.4, -0.2) is 75.4 Å². The van der Waals surface area contributed by atoms with Crippen molar-refractivity contribution < 1.29 is 14.3 Å². The van der Waals surface area contributed by atoms with Gasteiger partial charge < -0.3 is 14.4 Å². The number of hydrogen-bond donors (Lipinski definition) is 0. The topological polar surface area (TPSA) is 42.0 Å². The van der Waals surface area contributed by atoms with Gasteiger partial charge in [-0.25, -0.2) is 0 Å². The lowest BCUT2D eigenvalue weighted by molar-refractivity contribution is -0.151. The fourth-order valence-electron chi connectivity index (χ4n) is 2.21. The van der Waals surface area contributed by atoms with Gasteiger partial charge >= 0.3 is 5.97 Å². The Kier molecular flexibility index (Phi) is 5.18. The molecule has 0 aromatic carbocycles. The summed E-state index contributed by atoms with van der Waals surface area (Å²) in [5, 5.41) is 0. The average molecular weight is 230 g/mol. The van der Waals surface area contributed by atoms with Crippen molar-refractivity contribution in [3.63, 3.8) is 0 Å². The second-order valence-corrected chi connectivity index (χ2v) is 4.34. The number of ether oxygens (including phenoxy) is 2. The van der Waals surface area contributed by atoms with E-state index in [1.807, 2.05) is 0 Å². The zero-order valence-electron chi connectivity index (χ0n) is 10.6. The van der Waals surface area contributed by atoms with E-state index in [0.29, 0.717) is 12.6 Å². The van der Waals surface area contributed by atoms with Crippen molar-refractivity contribution in [3.8, 4) is 0 Å². The molecule has 0 radical (unpaired) electrons. The van der Waals surface area contributed by atoms with E-state index in [2.05, 4.69) is 23.8 Å². The van der Waals surface area contributed by atoms with Gasteiger partial charge in [0.15, 0.2) is 0 Å². The molecule has 5 nitrogen and oxygen atoms in total. The predicted octanol–water partition coefficient (Wildman–Crippen LogP) is -0.190. The molecule has 0 aromatic rings. The van der Waals surface area contributed by atoms with E-state index in [0.717, 1.165) is 19.6 Å². The molecule has 5 heteroatoms. The molecule has 0 bridgehead atoms. The van der Waals surface area contributed by atoms with E-state index >= 15 is 0 Å². The molecule has 2 unspecified atom stereocenters. The summed E-state index contributed by atoms with van der Waals surface area (Å²) in [4.78, 5) is 16.1. The van der Waals surface area contributed by atoms with Gasteiger partial charge in [0, 0.05) is 32.8 Å². The lowest BCUT2D eigenvalue weighted by Gasteiger charge is -2.41. The highest BCUT2D eigenvalue weighted by molar-refractivity contribution is 5.75. The van der Waals surface area contributed by atoms with E-state index in [9.17, 15) is 4.79 Å². The fourth-order valence-corrected chi connectivity index (χ4v) is 2.21. The summed E-state index contributed by atoms with van der Waals surface area (Å²) in [5.74, 6) is -0.210. The van der Waals surface area contributed by atoms with Crippen LogP contribution in [0.15, 0.2) is 0 Å². The van der Waals surface area contributed by atoms with Gasteiger partial charge in [-0.2, -0.15) is 0 Å². The first-order valence-corrected chi connectivity index (χ1v) is 5.61. The Hall–Kier alpha value is -0.650. The van der Waals surface area contributed by atoms with Crippen molar-refractivity contribution in [2.75, 3.05) is 47.5 Å². The first kappa shape index (κ1) is 13.4. The summed E-state index contributed by atoms with van der Waals surface area (Å²) in [6.45, 7) is 5.33. The van der Waals surface area contributed by atoms with Crippen molar-refractivity contribution in [2.24, 2.45) is 0 Å². The fraction of sp³-hybridized carbons (Fsp3) is 0.909. The minimum atomic E-state index is -0.279. The molecule has 0 N–H and O–H groups in total. The monoisotopic (exact) mass is 230 g/mol. The van der Waals surface area contributed by atoms with Gasteiger partial charge in [0.05, 0.1) is 13.7 Å². The van der Waals surface area contributed by atoms with Gasteiger partial charge in [0.25, 0.3) is 0 Å². The van der Waals surface area contributed by atoms with Crippen molar-refractivity contribution in [1.29, 1.82) is 0 Å². The van der Waals surface area contributed by atoms with Crippen LogP contribution in [0.5, 0.6) is 0 Å². The number of esters is 1. The lowest BCUT2D eigenvalue weighted by atomic mass is 10.1. The molecule has 1 aliphatic heterocycles. The summed E-state index contributed by atoms with van der Waals surface area (Å²) in [6.07, 6.45) is 0. The van der Waals surface area contributed by atoms with Crippen LogP contribution in [0.2, 0.25) is 0 Å². The molecule has 1 saturated heterocycles. The largest absolute Gasteiger partial charge is 0.468 e. The Balaban J connectivity index is 2.66. The number of carbonyl (C=O) groups is 1. The van der Waals surface area contributed by atoms with Crippen LogP contribution in [0, 0.1) is 0 Å². The summed E-state index contributed by atoms with van der Waals surface area (Å²) in [6, 6.07) is 0.0664. The second kappa shape index (κ2) is 6.18. The standard InChI is InChI=1S/C11H22N2O3/c1-9-7-12(2)5-6-13(9)10(8-15-3)11(14)16-4/h9-10H,5-8H2,1-4H3. The van der Waals surface area contributed by atoms with E-state index in [4.69, 9.17) is 9.47 Å². The maximum absolute atomic E-state index is 11.7. The van der Waals surface area contributed by atoms with Crippen LogP contribution in [0.1, 0.15) is 6.92 Å². The molecular formula is C11H22N2O3. The van der Waals surface area contributed by atoms with Gasteiger partial charge in [-0.3, -0.25) is 9.69 Å². The Morgan fingerprint density at radius 1 is 1.44 bits per heavy atom. The van der Waals surface area contributed by atoms with Crippen molar-refractivity contribution in [3.05, 3.63) is 0 Å². The van der Waals surface area contributed by atoms with E-state index in [-0.39, 0.29) is 12.0 Å². The van der Waals surface area contributed by atoms with Crippen molar-refractivity contribution in [1.82, 2.24) is 9.80 Å². The number of likely N-dealkylation sites (N-methyl/N-ethyl adjacent to an activating group) is 1. The van der Waals surface area contributed by atoms with Crippen molar-refractivity contribution >= 4 is 5.97 Å². The van der Waals surface area contributed by atoms with E-state index in [1.54, 1.807) is 7.11 Å². The molecule has 0 amide bonds. The molecule has 0 saturated carbocycles. The van der Waals surface area contributed by atoms with Crippen LogP contribution >= 0.6 is 0 Å². The molecule has 16 heavy (non-hydrogen) atoms. The Morgan fingerprint density at radius 3 is 2.62 bits per heavy atom. The number of methoxy groups -OCH3 is 2. The van der Waals surface area contributed by atoms with Gasteiger partial charge in [0.1, 0.15) is 6.04 Å². The molecule has 0 aliphatic carbocycles. The maximum atomic E-state index is 11.7. The first-order valence-electron chi connectivity index (χ1n) is 5.61. The highest BCUT2D eigenvalue weighted by atomic mass is 16.5. The molecule has 1 aliphatic rings. The normalized spacial score (nSPS) is 25.4.